The number of hydrogen-bond donors (Lipinski definition) is 2. The van der Waals surface area contributed by atoms with E-state index in [0.717, 1.165) is 24.2 Å². The molecule has 1 aromatic rings. The highest BCUT2D eigenvalue weighted by atomic mass is 32.2. The molecule has 4 heterocycles. The molecule has 0 aromatic heterocycles. The molecule has 0 saturated carbocycles. The summed E-state index contributed by atoms with van der Waals surface area (Å²) in [5.74, 6) is 0.676. The molecule has 5 rings (SSSR count). The molecular formula is C19H23N5O5S. The number of nitrogens with zero attached hydrogens (tertiary/aromatic N) is 3. The summed E-state index contributed by atoms with van der Waals surface area (Å²) in [6, 6.07) is 6.63. The molecule has 1 spiro atoms. The smallest absolute Gasteiger partial charge is 0.325 e. The van der Waals surface area contributed by atoms with Crippen molar-refractivity contribution >= 4 is 28.0 Å². The number of rotatable bonds is 2. The summed E-state index contributed by atoms with van der Waals surface area (Å²) in [5, 5.41) is 2.85. The average molecular weight is 433 g/mol. The van der Waals surface area contributed by atoms with E-state index in [-0.39, 0.29) is 12.5 Å². The maximum atomic E-state index is 13.5. The van der Waals surface area contributed by atoms with Crippen LogP contribution in [0.5, 0.6) is 5.75 Å². The van der Waals surface area contributed by atoms with Gasteiger partial charge in [0.2, 0.25) is 0 Å². The van der Waals surface area contributed by atoms with Crippen LogP contribution in [0.4, 0.5) is 4.79 Å². The van der Waals surface area contributed by atoms with E-state index in [2.05, 4.69) is 14.4 Å². The number of imide groups is 1. The molecule has 2 atom stereocenters. The van der Waals surface area contributed by atoms with Gasteiger partial charge in [-0.25, -0.2) is 4.79 Å². The number of nitrogens with one attached hydrogen (secondary N) is 2. The predicted octanol–water partition coefficient (Wildman–Crippen LogP) is 0.665. The summed E-state index contributed by atoms with van der Waals surface area (Å²) in [6.45, 7) is 0.834. The lowest BCUT2D eigenvalue weighted by Crippen LogP contribution is -2.59. The normalized spacial score (nSPS) is 30.1. The Balaban J connectivity index is 1.45. The lowest BCUT2D eigenvalue weighted by Gasteiger charge is -2.38. The minimum atomic E-state index is -3.87. The quantitative estimate of drug-likeness (QED) is 0.662. The number of ether oxygens (including phenoxy) is 1. The first-order valence-electron chi connectivity index (χ1n) is 10.1. The van der Waals surface area contributed by atoms with Crippen molar-refractivity contribution in [1.29, 1.82) is 0 Å². The zero-order valence-electron chi connectivity index (χ0n) is 16.3. The Morgan fingerprint density at radius 2 is 2.03 bits per heavy atom. The van der Waals surface area contributed by atoms with Crippen LogP contribution in [0.15, 0.2) is 28.7 Å². The van der Waals surface area contributed by atoms with Crippen LogP contribution in [0.25, 0.3) is 0 Å². The van der Waals surface area contributed by atoms with Crippen LogP contribution < -0.4 is 14.8 Å². The van der Waals surface area contributed by atoms with Crippen molar-refractivity contribution in [3.8, 4) is 5.75 Å². The molecule has 4 aliphatic rings. The third-order valence-corrected chi connectivity index (χ3v) is 7.15. The number of carbonyl (C=O) groups is 2. The number of amidine groups is 1. The average Bonchev–Trinajstić information content (AvgIpc) is 2.87. The van der Waals surface area contributed by atoms with Gasteiger partial charge in [0.1, 0.15) is 17.8 Å². The summed E-state index contributed by atoms with van der Waals surface area (Å²) < 4.78 is 36.6. The van der Waals surface area contributed by atoms with E-state index in [9.17, 15) is 18.0 Å². The summed E-state index contributed by atoms with van der Waals surface area (Å²) in [5.41, 5.74) is -0.562. The maximum absolute atomic E-state index is 13.5. The van der Waals surface area contributed by atoms with E-state index in [1.807, 2.05) is 11.0 Å². The van der Waals surface area contributed by atoms with Gasteiger partial charge in [-0.15, -0.1) is 4.40 Å². The lowest BCUT2D eigenvalue weighted by molar-refractivity contribution is -0.133. The SMILES string of the molecule is O=C1N[C@@]2(CCOc3ccccc32)C(=O)N1C[C@@H]1NS(=O)(=O)N=C2CCCCCN21. The van der Waals surface area contributed by atoms with E-state index in [0.29, 0.717) is 43.1 Å². The van der Waals surface area contributed by atoms with Crippen molar-refractivity contribution in [1.82, 2.24) is 19.8 Å². The molecule has 0 aliphatic carbocycles. The van der Waals surface area contributed by atoms with Crippen molar-refractivity contribution in [2.45, 2.75) is 43.8 Å². The number of para-hydroxylation sites is 1. The lowest BCUT2D eigenvalue weighted by atomic mass is 9.84. The minimum Gasteiger partial charge on any atom is -0.493 e. The molecule has 2 N–H and O–H groups in total. The summed E-state index contributed by atoms with van der Waals surface area (Å²) in [7, 11) is -3.87. The molecule has 0 unspecified atom stereocenters. The second-order valence-electron chi connectivity index (χ2n) is 7.97. The Labute approximate surface area is 174 Å². The van der Waals surface area contributed by atoms with Gasteiger partial charge in [-0.05, 0) is 18.9 Å². The number of hydrogen-bond acceptors (Lipinski definition) is 6. The van der Waals surface area contributed by atoms with E-state index in [1.165, 1.54) is 0 Å². The van der Waals surface area contributed by atoms with Crippen LogP contribution in [0, 0.1) is 0 Å². The van der Waals surface area contributed by atoms with Gasteiger partial charge in [-0.2, -0.15) is 13.1 Å². The zero-order valence-corrected chi connectivity index (χ0v) is 17.2. The predicted molar refractivity (Wildman–Crippen MR) is 107 cm³/mol. The molecule has 2 saturated heterocycles. The maximum Gasteiger partial charge on any atom is 0.325 e. The molecule has 10 nitrogen and oxygen atoms in total. The second kappa shape index (κ2) is 6.95. The fraction of sp³-hybridized carbons (Fsp3) is 0.526. The first-order chi connectivity index (χ1) is 14.4. The Hall–Kier alpha value is -2.66. The van der Waals surface area contributed by atoms with Gasteiger partial charge in [-0.3, -0.25) is 9.69 Å². The highest BCUT2D eigenvalue weighted by Crippen LogP contribution is 2.41. The van der Waals surface area contributed by atoms with Crippen LogP contribution in [0.1, 0.15) is 37.7 Å². The monoisotopic (exact) mass is 433 g/mol. The van der Waals surface area contributed by atoms with Crippen LogP contribution >= 0.6 is 0 Å². The van der Waals surface area contributed by atoms with Crippen molar-refractivity contribution < 1.29 is 22.7 Å². The van der Waals surface area contributed by atoms with Gasteiger partial charge < -0.3 is 15.0 Å². The minimum absolute atomic E-state index is 0.0896. The molecular weight excluding hydrogens is 410 g/mol. The highest BCUT2D eigenvalue weighted by Gasteiger charge is 2.55. The van der Waals surface area contributed by atoms with Crippen molar-refractivity contribution in [3.63, 3.8) is 0 Å². The molecule has 0 radical (unpaired) electrons. The molecule has 11 heteroatoms. The van der Waals surface area contributed by atoms with Crippen molar-refractivity contribution in [3.05, 3.63) is 29.8 Å². The van der Waals surface area contributed by atoms with Gasteiger partial charge in [-0.1, -0.05) is 24.6 Å². The Kier molecular flexibility index (Phi) is 4.47. The van der Waals surface area contributed by atoms with E-state index < -0.39 is 27.9 Å². The highest BCUT2D eigenvalue weighted by molar-refractivity contribution is 7.88. The van der Waals surface area contributed by atoms with Crippen LogP contribution in [-0.2, 0) is 20.5 Å². The third-order valence-electron chi connectivity index (χ3n) is 6.13. The molecule has 0 bridgehead atoms. The van der Waals surface area contributed by atoms with E-state index in [4.69, 9.17) is 4.74 Å². The zero-order chi connectivity index (χ0) is 20.9. The molecule has 2 fully saturated rings. The summed E-state index contributed by atoms with van der Waals surface area (Å²) in [6.07, 6.45) is 2.88. The van der Waals surface area contributed by atoms with Crippen LogP contribution in [0.3, 0.4) is 0 Å². The Morgan fingerprint density at radius 3 is 2.90 bits per heavy atom. The van der Waals surface area contributed by atoms with Crippen LogP contribution in [-0.4, -0.2) is 61.9 Å². The fourth-order valence-electron chi connectivity index (χ4n) is 4.70. The van der Waals surface area contributed by atoms with E-state index >= 15 is 0 Å². The molecule has 1 aromatic carbocycles. The summed E-state index contributed by atoms with van der Waals surface area (Å²) in [4.78, 5) is 29.3. The topological polar surface area (TPSA) is 120 Å². The van der Waals surface area contributed by atoms with Gasteiger partial charge in [0.15, 0.2) is 5.54 Å². The molecule has 30 heavy (non-hydrogen) atoms. The fourth-order valence-corrected chi connectivity index (χ4v) is 5.77. The van der Waals surface area contributed by atoms with Gasteiger partial charge in [0.05, 0.1) is 13.2 Å². The van der Waals surface area contributed by atoms with Crippen molar-refractivity contribution in [2.75, 3.05) is 19.7 Å². The number of benzene rings is 1. The van der Waals surface area contributed by atoms with Gasteiger partial charge in [0, 0.05) is 24.9 Å². The second-order valence-corrected chi connectivity index (χ2v) is 9.33. The number of urea groups is 1. The Morgan fingerprint density at radius 1 is 1.20 bits per heavy atom. The standard InChI is InChI=1S/C19H23N5O5S/c25-17-19(9-11-29-14-7-4-3-6-13(14)19)20-18(26)24(17)12-16-22-30(27,28)21-15-8-2-1-5-10-23(15)16/h3-4,6-7,16,22H,1-2,5,8-12H2,(H,20,26)/t16-,19-/m1/s1. The first kappa shape index (κ1) is 19.3. The van der Waals surface area contributed by atoms with Crippen molar-refractivity contribution in [2.24, 2.45) is 4.40 Å². The van der Waals surface area contributed by atoms with Gasteiger partial charge >= 0.3 is 16.2 Å². The number of carbonyl (C=O) groups excluding carboxylic acids is 2. The molecule has 4 aliphatic heterocycles. The van der Waals surface area contributed by atoms with Gasteiger partial charge in [0.25, 0.3) is 5.91 Å². The van der Waals surface area contributed by atoms with Crippen LogP contribution in [0.2, 0.25) is 0 Å². The number of fused-ring (bicyclic) bond motifs is 3. The molecule has 160 valence electrons. The first-order valence-corrected chi connectivity index (χ1v) is 11.6. The number of amides is 3. The largest absolute Gasteiger partial charge is 0.493 e. The summed E-state index contributed by atoms with van der Waals surface area (Å²) >= 11 is 0. The molecule has 3 amide bonds. The van der Waals surface area contributed by atoms with E-state index in [1.54, 1.807) is 18.2 Å². The third kappa shape index (κ3) is 3.03. The Bertz CT molecular complexity index is 1040.